The molecule has 6 nitrogen and oxygen atoms in total. The minimum Gasteiger partial charge on any atom is -0.382 e. The van der Waals surface area contributed by atoms with Gasteiger partial charge in [-0.3, -0.25) is 13.9 Å². The van der Waals surface area contributed by atoms with Crippen molar-refractivity contribution >= 4 is 27.2 Å². The Bertz CT molecular complexity index is 1430. The van der Waals surface area contributed by atoms with Gasteiger partial charge in [0, 0.05) is 72.9 Å². The summed E-state index contributed by atoms with van der Waals surface area (Å²) in [4.78, 5) is 20.6. The highest BCUT2D eigenvalue weighted by Gasteiger charge is 2.30. The maximum absolute atomic E-state index is 13.4. The molecule has 238 valence electrons. The summed E-state index contributed by atoms with van der Waals surface area (Å²) in [5.74, 6) is -0.176. The molecular formula is C33H40F4N4O2S. The third kappa shape index (κ3) is 7.98. The fourth-order valence-corrected chi connectivity index (χ4v) is 7.66. The molecule has 0 bridgehead atoms. The number of hydrogen-bond donors (Lipinski definition) is 2. The minimum absolute atomic E-state index is 0.177. The second kappa shape index (κ2) is 13.7. The lowest BCUT2D eigenvalue weighted by atomic mass is 10.0. The Balaban J connectivity index is 0.995. The second-order valence-corrected chi connectivity index (χ2v) is 14.6. The Hall–Kier alpha value is -3.44. The molecule has 2 saturated heterocycles. The van der Waals surface area contributed by atoms with Crippen molar-refractivity contribution in [2.75, 3.05) is 62.3 Å². The van der Waals surface area contributed by atoms with E-state index >= 15 is 0 Å². The third-order valence-electron chi connectivity index (χ3n) is 8.69. The van der Waals surface area contributed by atoms with Crippen LogP contribution in [-0.4, -0.2) is 78.0 Å². The Morgan fingerprint density at radius 2 is 1.41 bits per heavy atom. The van der Waals surface area contributed by atoms with Crippen LogP contribution in [0.4, 0.5) is 28.9 Å². The number of amides is 1. The number of alkyl halides is 3. The molecule has 3 aromatic carbocycles. The van der Waals surface area contributed by atoms with Crippen molar-refractivity contribution < 1.29 is 26.6 Å². The summed E-state index contributed by atoms with van der Waals surface area (Å²) in [5.41, 5.74) is 1.11. The number of benzene rings is 3. The Kier molecular flexibility index (Phi) is 9.94. The molecule has 0 saturated carbocycles. The summed E-state index contributed by atoms with van der Waals surface area (Å²) in [6.45, 7) is 5.35. The van der Waals surface area contributed by atoms with E-state index in [0.717, 1.165) is 80.4 Å². The van der Waals surface area contributed by atoms with E-state index in [1.54, 1.807) is 18.4 Å². The van der Waals surface area contributed by atoms with Gasteiger partial charge in [-0.25, -0.2) is 4.39 Å². The van der Waals surface area contributed by atoms with E-state index in [-0.39, 0.29) is 17.8 Å². The van der Waals surface area contributed by atoms with Crippen molar-refractivity contribution in [2.45, 2.75) is 47.7 Å². The van der Waals surface area contributed by atoms with Crippen LogP contribution in [0.3, 0.4) is 0 Å². The fraction of sp³-hybridized carbons (Fsp3) is 0.424. The van der Waals surface area contributed by atoms with Gasteiger partial charge in [-0.2, -0.15) is 13.2 Å². The van der Waals surface area contributed by atoms with Gasteiger partial charge in [0.25, 0.3) is 0 Å². The van der Waals surface area contributed by atoms with Crippen LogP contribution in [0.2, 0.25) is 0 Å². The van der Waals surface area contributed by atoms with Gasteiger partial charge in [0.05, 0.1) is 5.56 Å². The minimum atomic E-state index is -4.33. The molecule has 2 aliphatic rings. The van der Waals surface area contributed by atoms with Crippen molar-refractivity contribution in [1.29, 1.82) is 0 Å². The van der Waals surface area contributed by atoms with Crippen molar-refractivity contribution in [3.8, 4) is 0 Å². The maximum atomic E-state index is 13.4. The summed E-state index contributed by atoms with van der Waals surface area (Å²) < 4.78 is 65.2. The normalized spacial score (nSPS) is 17.5. The van der Waals surface area contributed by atoms with Crippen LogP contribution < -0.4 is 10.2 Å². The Morgan fingerprint density at radius 1 is 0.841 bits per heavy atom. The highest BCUT2D eigenvalue weighted by atomic mass is 32.2. The first-order valence-corrected chi connectivity index (χ1v) is 17.3. The summed E-state index contributed by atoms with van der Waals surface area (Å²) >= 11 is 0. The number of rotatable bonds is 9. The molecule has 0 radical (unpaired) electrons. The van der Waals surface area contributed by atoms with Gasteiger partial charge >= 0.3 is 6.18 Å². The predicted octanol–water partition coefficient (Wildman–Crippen LogP) is 5.91. The van der Waals surface area contributed by atoms with Crippen molar-refractivity contribution in [3.63, 3.8) is 0 Å². The van der Waals surface area contributed by atoms with Crippen LogP contribution in [0.1, 0.15) is 31.2 Å². The molecule has 0 spiro atoms. The van der Waals surface area contributed by atoms with Gasteiger partial charge in [-0.1, -0.05) is 9.93 Å². The van der Waals surface area contributed by atoms with E-state index in [2.05, 4.69) is 15.1 Å². The number of piperazine rings is 1. The van der Waals surface area contributed by atoms with Gasteiger partial charge in [-0.05, 0) is 105 Å². The number of hydrogen-bond acceptors (Lipinski definition) is 5. The van der Waals surface area contributed by atoms with E-state index in [1.807, 2.05) is 29.2 Å². The number of likely N-dealkylation sites (tertiary alicyclic amines) is 1. The lowest BCUT2D eigenvalue weighted by Gasteiger charge is -2.36. The summed E-state index contributed by atoms with van der Waals surface area (Å²) in [7, 11) is -2.81. The molecule has 3 aromatic rings. The molecule has 2 aliphatic heterocycles. The molecule has 0 aromatic heterocycles. The van der Waals surface area contributed by atoms with Crippen molar-refractivity contribution in [2.24, 2.45) is 0 Å². The zero-order chi connectivity index (χ0) is 31.3. The lowest BCUT2D eigenvalue weighted by Crippen LogP contribution is -2.47. The average Bonchev–Trinajstić information content (AvgIpc) is 3.02. The zero-order valence-corrected chi connectivity index (χ0v) is 25.8. The van der Waals surface area contributed by atoms with E-state index in [9.17, 15) is 26.6 Å². The van der Waals surface area contributed by atoms with Crippen LogP contribution in [0.15, 0.2) is 82.6 Å². The summed E-state index contributed by atoms with van der Waals surface area (Å²) in [6.07, 6.45) is 0.352. The first-order valence-electron chi connectivity index (χ1n) is 15.1. The molecule has 0 aliphatic carbocycles. The average molecular weight is 633 g/mol. The first kappa shape index (κ1) is 32.0. The van der Waals surface area contributed by atoms with Gasteiger partial charge in [0.1, 0.15) is 5.82 Å². The number of nitrogens with one attached hydrogen (secondary N) is 1. The van der Waals surface area contributed by atoms with Gasteiger partial charge < -0.3 is 15.1 Å². The van der Waals surface area contributed by atoms with Gasteiger partial charge in [0.15, 0.2) is 0 Å². The molecule has 2 heterocycles. The first-order chi connectivity index (χ1) is 21.0. The number of nitrogens with zero attached hydrogens (tertiary/aromatic N) is 3. The van der Waals surface area contributed by atoms with Crippen molar-refractivity contribution in [3.05, 3.63) is 84.2 Å². The number of piperidine rings is 1. The lowest BCUT2D eigenvalue weighted by molar-refractivity contribution is -0.137. The summed E-state index contributed by atoms with van der Waals surface area (Å²) in [5, 5.41) is 3.54. The molecule has 2 fully saturated rings. The highest BCUT2D eigenvalue weighted by molar-refractivity contribution is 8.02. The predicted molar refractivity (Wildman–Crippen MR) is 167 cm³/mol. The molecule has 11 heteroatoms. The van der Waals surface area contributed by atoms with Crippen LogP contribution in [0.5, 0.6) is 0 Å². The zero-order valence-electron chi connectivity index (χ0n) is 24.9. The maximum Gasteiger partial charge on any atom is 0.416 e. The van der Waals surface area contributed by atoms with Crippen LogP contribution >= 0.6 is 0 Å². The quantitative estimate of drug-likeness (QED) is 0.227. The molecular weight excluding hydrogens is 592 g/mol. The molecule has 0 atom stereocenters. The monoisotopic (exact) mass is 632 g/mol. The fourth-order valence-electron chi connectivity index (χ4n) is 5.93. The topological polar surface area (TPSA) is 55.9 Å². The largest absolute Gasteiger partial charge is 0.416 e. The van der Waals surface area contributed by atoms with E-state index < -0.39 is 21.7 Å². The van der Waals surface area contributed by atoms with E-state index in [0.29, 0.717) is 24.4 Å². The van der Waals surface area contributed by atoms with E-state index in [4.69, 9.17) is 0 Å². The third-order valence-corrected chi connectivity index (χ3v) is 11.3. The number of halogens is 4. The van der Waals surface area contributed by atoms with Crippen LogP contribution in [-0.2, 0) is 20.9 Å². The number of thiol groups is 1. The molecule has 5 rings (SSSR count). The summed E-state index contributed by atoms with van der Waals surface area (Å²) in [6, 6.07) is 19.0. The number of carbonyl (C=O) groups excluding carboxylic acids is 1. The molecule has 44 heavy (non-hydrogen) atoms. The Morgan fingerprint density at radius 3 is 1.98 bits per heavy atom. The number of anilines is 2. The van der Waals surface area contributed by atoms with Gasteiger partial charge in [0.2, 0.25) is 5.91 Å². The van der Waals surface area contributed by atoms with E-state index in [1.165, 1.54) is 24.3 Å². The Labute approximate surface area is 257 Å². The number of carbonyl (C=O) groups is 1. The van der Waals surface area contributed by atoms with Crippen LogP contribution in [0.25, 0.3) is 0 Å². The van der Waals surface area contributed by atoms with Gasteiger partial charge in [-0.15, -0.1) is 0 Å². The highest BCUT2D eigenvalue weighted by Crippen LogP contribution is 2.31. The van der Waals surface area contributed by atoms with Crippen LogP contribution in [0, 0.1) is 5.82 Å². The second-order valence-electron chi connectivity index (χ2n) is 11.7. The molecule has 0 unspecified atom stereocenters. The van der Waals surface area contributed by atoms with Crippen molar-refractivity contribution in [1.82, 2.24) is 9.80 Å². The SMILES string of the molecule is C[SH](=O)(c1ccc(F)cc1)c1ccc(NC2CCN(C(=O)CCCN3CCN(c4ccc(C(F)(F)F)cc4)CC3)CC2)cc1. The standard InChI is InChI=1S/C33H40F4N4O2S/c1-44(43,30-12-6-26(34)7-13-30)31-14-8-27(9-15-31)38-28-16-19-41(20-17-28)32(42)3-2-18-39-21-23-40(24-22-39)29-10-4-25(5-11-29)33(35,36)37/h4-15,28,38,44H,2-3,16-24H2,1H3. The smallest absolute Gasteiger partial charge is 0.382 e. The molecule has 1 N–H and O–H groups in total. The molecule has 1 amide bonds.